The van der Waals surface area contributed by atoms with E-state index in [1.165, 1.54) is 30.3 Å². The van der Waals surface area contributed by atoms with E-state index in [4.69, 9.17) is 9.47 Å². The molecule has 2 nitrogen and oxygen atoms in total. The van der Waals surface area contributed by atoms with Gasteiger partial charge in [-0.2, -0.15) is 4.39 Å². The van der Waals surface area contributed by atoms with Gasteiger partial charge in [-0.15, -0.1) is 0 Å². The van der Waals surface area contributed by atoms with Gasteiger partial charge in [0.05, 0.1) is 19.3 Å². The molecule has 0 spiro atoms. The van der Waals surface area contributed by atoms with E-state index in [2.05, 4.69) is 0 Å². The second-order valence-corrected chi connectivity index (χ2v) is 8.47. The van der Waals surface area contributed by atoms with E-state index in [0.29, 0.717) is 6.42 Å². The van der Waals surface area contributed by atoms with Crippen LogP contribution in [0.3, 0.4) is 0 Å². The molecule has 0 bridgehead atoms. The van der Waals surface area contributed by atoms with Gasteiger partial charge in [-0.25, -0.2) is 22.0 Å². The Balaban J connectivity index is 1.54. The summed E-state index contributed by atoms with van der Waals surface area (Å²) in [6, 6.07) is 7.70. The van der Waals surface area contributed by atoms with Crippen LogP contribution in [0, 0.1) is 34.9 Å². The molecule has 1 heterocycles. The minimum atomic E-state index is -1.34. The molecule has 1 aliphatic rings. The molecule has 0 saturated carbocycles. The second-order valence-electron chi connectivity index (χ2n) is 8.47. The van der Waals surface area contributed by atoms with Crippen molar-refractivity contribution in [3.63, 3.8) is 0 Å². The lowest BCUT2D eigenvalue weighted by atomic mass is 9.87. The maximum absolute atomic E-state index is 15.0. The van der Waals surface area contributed by atoms with Crippen molar-refractivity contribution >= 4 is 6.08 Å². The molecule has 190 valence electrons. The first-order valence-corrected chi connectivity index (χ1v) is 11.6. The Morgan fingerprint density at radius 3 is 2.06 bits per heavy atom. The number of allylic oxidation sites excluding steroid dienone is 1. The van der Waals surface area contributed by atoms with Crippen LogP contribution < -0.4 is 4.74 Å². The molecular formula is C28H24F6O2. The van der Waals surface area contributed by atoms with Crippen LogP contribution in [0.5, 0.6) is 5.75 Å². The monoisotopic (exact) mass is 506 g/mol. The average molecular weight is 506 g/mol. The molecule has 1 saturated heterocycles. The second kappa shape index (κ2) is 10.8. The summed E-state index contributed by atoms with van der Waals surface area (Å²) in [6.45, 7) is 3.35. The van der Waals surface area contributed by atoms with Gasteiger partial charge in [0.1, 0.15) is 0 Å². The molecule has 2 unspecified atom stereocenters. The van der Waals surface area contributed by atoms with Crippen LogP contribution in [0.1, 0.15) is 55.4 Å². The Morgan fingerprint density at radius 1 is 0.778 bits per heavy atom. The summed E-state index contributed by atoms with van der Waals surface area (Å²) in [7, 11) is 0. The normalized spacial score (nSPS) is 18.1. The maximum Gasteiger partial charge on any atom is 0.201 e. The third-order valence-electron chi connectivity index (χ3n) is 6.30. The highest BCUT2D eigenvalue weighted by molar-refractivity contribution is 5.67. The zero-order chi connectivity index (χ0) is 26.0. The van der Waals surface area contributed by atoms with Crippen LogP contribution in [0.2, 0.25) is 0 Å². The largest absolute Gasteiger partial charge is 0.491 e. The van der Waals surface area contributed by atoms with Gasteiger partial charge in [0, 0.05) is 28.2 Å². The van der Waals surface area contributed by atoms with Crippen molar-refractivity contribution in [3.05, 3.63) is 94.1 Å². The molecule has 3 aromatic rings. The zero-order valence-electron chi connectivity index (χ0n) is 19.7. The number of rotatable bonds is 6. The summed E-state index contributed by atoms with van der Waals surface area (Å²) in [6.07, 6.45) is 2.90. The van der Waals surface area contributed by atoms with Crippen LogP contribution in [-0.2, 0) is 4.74 Å². The zero-order valence-corrected chi connectivity index (χ0v) is 19.7. The minimum absolute atomic E-state index is 0.0107. The fraction of sp³-hybridized carbons (Fsp3) is 0.286. The Bertz CT molecular complexity index is 1300. The Morgan fingerprint density at radius 2 is 1.42 bits per heavy atom. The predicted octanol–water partition coefficient (Wildman–Crippen LogP) is 8.26. The molecule has 1 aliphatic heterocycles. The molecule has 1 fully saturated rings. The minimum Gasteiger partial charge on any atom is -0.491 e. The quantitative estimate of drug-likeness (QED) is 0.314. The Kier molecular flexibility index (Phi) is 7.73. The van der Waals surface area contributed by atoms with Gasteiger partial charge in [0.25, 0.3) is 0 Å². The molecule has 0 N–H and O–H groups in total. The Hall–Kier alpha value is -3.26. The molecule has 36 heavy (non-hydrogen) atoms. The van der Waals surface area contributed by atoms with Crippen LogP contribution >= 0.6 is 0 Å². The molecule has 2 atom stereocenters. The van der Waals surface area contributed by atoms with Crippen molar-refractivity contribution in [3.8, 4) is 16.9 Å². The van der Waals surface area contributed by atoms with E-state index in [1.807, 2.05) is 0 Å². The SMILES string of the molecule is CC=Cc1ccc(C2CCC(c3ccc(-c4ccc(OCC)c(F)c4F)c(F)c3F)CO2)c(F)c1F. The van der Waals surface area contributed by atoms with Crippen LogP contribution in [0.4, 0.5) is 26.3 Å². The first kappa shape index (κ1) is 25.8. The van der Waals surface area contributed by atoms with E-state index in [0.717, 1.165) is 12.1 Å². The highest BCUT2D eigenvalue weighted by atomic mass is 19.2. The van der Waals surface area contributed by atoms with E-state index in [-0.39, 0.29) is 42.1 Å². The molecule has 0 radical (unpaired) electrons. The van der Waals surface area contributed by atoms with E-state index >= 15 is 4.39 Å². The maximum atomic E-state index is 15.0. The van der Waals surface area contributed by atoms with Gasteiger partial charge < -0.3 is 9.47 Å². The standard InChI is InChI=1S/C28H24F6O2/c1-3-5-15-6-8-20(27(33)23(15)29)21-12-7-16(14-36-21)17-9-10-18(25(31)24(17)30)19-11-13-22(35-4-2)28(34)26(19)32/h3,5-6,8-11,13,16,21H,4,7,12,14H2,1-2H3. The lowest BCUT2D eigenvalue weighted by Crippen LogP contribution is -2.21. The average Bonchev–Trinajstić information content (AvgIpc) is 2.88. The van der Waals surface area contributed by atoms with Gasteiger partial charge in [-0.1, -0.05) is 36.4 Å². The molecule has 0 amide bonds. The summed E-state index contributed by atoms with van der Waals surface area (Å²) in [5.41, 5.74) is -0.665. The smallest absolute Gasteiger partial charge is 0.201 e. The van der Waals surface area contributed by atoms with Crippen molar-refractivity contribution in [2.75, 3.05) is 13.2 Å². The van der Waals surface area contributed by atoms with Gasteiger partial charge in [0.2, 0.25) is 5.82 Å². The van der Waals surface area contributed by atoms with Crippen molar-refractivity contribution in [1.82, 2.24) is 0 Å². The molecule has 3 aromatic carbocycles. The number of ether oxygens (including phenoxy) is 2. The van der Waals surface area contributed by atoms with Gasteiger partial charge in [-0.05, 0) is 44.4 Å². The first-order valence-electron chi connectivity index (χ1n) is 11.6. The van der Waals surface area contributed by atoms with Crippen LogP contribution in [0.25, 0.3) is 17.2 Å². The van der Waals surface area contributed by atoms with Crippen molar-refractivity contribution in [1.29, 1.82) is 0 Å². The number of halogens is 6. The summed E-state index contributed by atoms with van der Waals surface area (Å²) in [5, 5.41) is 0. The fourth-order valence-electron chi connectivity index (χ4n) is 4.47. The summed E-state index contributed by atoms with van der Waals surface area (Å²) >= 11 is 0. The van der Waals surface area contributed by atoms with Gasteiger partial charge in [0.15, 0.2) is 34.8 Å². The topological polar surface area (TPSA) is 18.5 Å². The van der Waals surface area contributed by atoms with Crippen molar-refractivity contribution in [2.45, 2.75) is 38.7 Å². The summed E-state index contributed by atoms with van der Waals surface area (Å²) in [5.74, 6) is -7.98. The number of hydrogen-bond donors (Lipinski definition) is 0. The molecular weight excluding hydrogens is 482 g/mol. The molecule has 0 aliphatic carbocycles. The number of hydrogen-bond acceptors (Lipinski definition) is 2. The molecule has 0 aromatic heterocycles. The van der Waals surface area contributed by atoms with Gasteiger partial charge in [-0.3, -0.25) is 0 Å². The third kappa shape index (κ3) is 4.74. The number of benzene rings is 3. The van der Waals surface area contributed by atoms with Crippen LogP contribution in [0.15, 0.2) is 42.5 Å². The third-order valence-corrected chi connectivity index (χ3v) is 6.30. The summed E-state index contributed by atoms with van der Waals surface area (Å²) in [4.78, 5) is 0. The highest BCUT2D eigenvalue weighted by Gasteiger charge is 2.30. The summed E-state index contributed by atoms with van der Waals surface area (Å²) < 4.78 is 98.4. The predicted molar refractivity (Wildman–Crippen MR) is 125 cm³/mol. The fourth-order valence-corrected chi connectivity index (χ4v) is 4.47. The van der Waals surface area contributed by atoms with E-state index in [9.17, 15) is 22.0 Å². The van der Waals surface area contributed by atoms with Crippen molar-refractivity contribution < 1.29 is 35.8 Å². The van der Waals surface area contributed by atoms with Crippen molar-refractivity contribution in [2.24, 2.45) is 0 Å². The Labute approximate surface area is 205 Å². The van der Waals surface area contributed by atoms with Gasteiger partial charge >= 0.3 is 0 Å². The van der Waals surface area contributed by atoms with E-state index < -0.39 is 58.1 Å². The lowest BCUT2D eigenvalue weighted by Gasteiger charge is -2.30. The lowest BCUT2D eigenvalue weighted by molar-refractivity contribution is -0.000649. The first-order chi connectivity index (χ1) is 17.3. The molecule has 4 rings (SSSR count). The van der Waals surface area contributed by atoms with Crippen LogP contribution in [-0.4, -0.2) is 13.2 Å². The highest BCUT2D eigenvalue weighted by Crippen LogP contribution is 2.40. The molecule has 8 heteroatoms. The van der Waals surface area contributed by atoms with E-state index in [1.54, 1.807) is 19.9 Å².